The second-order valence-electron chi connectivity index (χ2n) is 4.14. The van der Waals surface area contributed by atoms with Crippen molar-refractivity contribution in [2.24, 2.45) is 0 Å². The van der Waals surface area contributed by atoms with Gasteiger partial charge in [0.05, 0.1) is 10.7 Å². The van der Waals surface area contributed by atoms with E-state index >= 15 is 0 Å². The summed E-state index contributed by atoms with van der Waals surface area (Å²) in [4.78, 5) is -0.537. The molecule has 0 fully saturated rings. The summed E-state index contributed by atoms with van der Waals surface area (Å²) in [6.07, 6.45) is 0. The zero-order valence-corrected chi connectivity index (χ0v) is 12.1. The molecule has 20 heavy (non-hydrogen) atoms. The molecule has 2 rings (SSSR count). The van der Waals surface area contributed by atoms with Crippen LogP contribution >= 0.6 is 11.6 Å². The predicted octanol–water partition coefficient (Wildman–Crippen LogP) is 3.27. The highest BCUT2D eigenvalue weighted by molar-refractivity contribution is 7.86. The topological polar surface area (TPSA) is 89.6 Å². The minimum atomic E-state index is -4.54. The molecule has 7 heteroatoms. The quantitative estimate of drug-likeness (QED) is 0.670. The Morgan fingerprint density at radius 3 is 2.40 bits per heavy atom. The van der Waals surface area contributed by atoms with Gasteiger partial charge in [-0.2, -0.15) is 8.42 Å². The Bertz CT molecular complexity index is 745. The maximum atomic E-state index is 11.4. The highest BCUT2D eigenvalue weighted by Crippen LogP contribution is 2.39. The predicted molar refractivity (Wildman–Crippen MR) is 76.9 cm³/mol. The second kappa shape index (κ2) is 5.32. The van der Waals surface area contributed by atoms with Crippen LogP contribution in [-0.2, 0) is 10.1 Å². The Morgan fingerprint density at radius 1 is 1.25 bits per heavy atom. The lowest BCUT2D eigenvalue weighted by molar-refractivity contribution is 0.474. The van der Waals surface area contributed by atoms with E-state index < -0.39 is 15.0 Å². The van der Waals surface area contributed by atoms with E-state index in [1.54, 1.807) is 31.2 Å². The van der Waals surface area contributed by atoms with Crippen molar-refractivity contribution in [3.05, 3.63) is 47.0 Å². The fourth-order valence-electron chi connectivity index (χ4n) is 1.70. The van der Waals surface area contributed by atoms with Crippen molar-refractivity contribution in [1.82, 2.24) is 0 Å². The van der Waals surface area contributed by atoms with Crippen molar-refractivity contribution in [2.45, 2.75) is 11.8 Å². The molecule has 0 spiro atoms. The molecule has 0 saturated carbocycles. The summed E-state index contributed by atoms with van der Waals surface area (Å²) >= 11 is 5.88. The molecule has 0 saturated heterocycles. The lowest BCUT2D eigenvalue weighted by atomic mass is 10.2. The van der Waals surface area contributed by atoms with Crippen LogP contribution in [0.4, 0.5) is 5.69 Å². The molecule has 0 amide bonds. The van der Waals surface area contributed by atoms with Crippen LogP contribution in [0.15, 0.2) is 41.3 Å². The van der Waals surface area contributed by atoms with Gasteiger partial charge in [-0.3, -0.25) is 4.55 Å². The van der Waals surface area contributed by atoms with Gasteiger partial charge in [0.1, 0.15) is 10.6 Å². The minimum Gasteiger partial charge on any atom is -0.455 e. The first-order valence-electron chi connectivity index (χ1n) is 5.59. The number of halogens is 1. The molecule has 0 radical (unpaired) electrons. The van der Waals surface area contributed by atoms with Gasteiger partial charge >= 0.3 is 0 Å². The first-order valence-corrected chi connectivity index (χ1v) is 7.41. The summed E-state index contributed by atoms with van der Waals surface area (Å²) < 4.78 is 37.5. The fourth-order valence-corrected chi connectivity index (χ4v) is 2.91. The lowest BCUT2D eigenvalue weighted by Gasteiger charge is -2.14. The molecule has 0 aromatic heterocycles. The van der Waals surface area contributed by atoms with E-state index in [1.165, 1.54) is 6.07 Å². The number of nitrogen functional groups attached to an aromatic ring is 1. The summed E-state index contributed by atoms with van der Waals surface area (Å²) in [6.45, 7) is 1.59. The van der Waals surface area contributed by atoms with Crippen molar-refractivity contribution >= 4 is 27.4 Å². The summed E-state index contributed by atoms with van der Waals surface area (Å²) in [6, 6.07) is 10.2. The zero-order valence-electron chi connectivity index (χ0n) is 10.5. The van der Waals surface area contributed by atoms with Crippen LogP contribution in [0.3, 0.4) is 0 Å². The fraction of sp³-hybridized carbons (Fsp3) is 0.0769. The summed E-state index contributed by atoms with van der Waals surface area (Å²) in [5.74, 6) is 0.605. The molecule has 0 bridgehead atoms. The van der Waals surface area contributed by atoms with Gasteiger partial charge in [0, 0.05) is 0 Å². The molecule has 0 aliphatic carbocycles. The van der Waals surface area contributed by atoms with Crippen LogP contribution < -0.4 is 10.5 Å². The SMILES string of the molecule is Cc1cc(Oc2ccccc2)c(N)c(S(=O)(=O)O)c1Cl. The van der Waals surface area contributed by atoms with E-state index in [0.717, 1.165) is 0 Å². The maximum absolute atomic E-state index is 11.4. The molecular weight excluding hydrogens is 302 g/mol. The van der Waals surface area contributed by atoms with Crippen molar-refractivity contribution < 1.29 is 17.7 Å². The zero-order chi connectivity index (χ0) is 14.9. The van der Waals surface area contributed by atoms with Gasteiger partial charge in [-0.1, -0.05) is 29.8 Å². The molecule has 0 atom stereocenters. The van der Waals surface area contributed by atoms with Crippen molar-refractivity contribution in [1.29, 1.82) is 0 Å². The molecule has 0 heterocycles. The average Bonchev–Trinajstić information content (AvgIpc) is 2.36. The molecule has 2 aromatic rings. The van der Waals surface area contributed by atoms with E-state index in [9.17, 15) is 13.0 Å². The van der Waals surface area contributed by atoms with E-state index in [-0.39, 0.29) is 16.5 Å². The van der Waals surface area contributed by atoms with E-state index in [4.69, 9.17) is 22.1 Å². The molecule has 0 aliphatic heterocycles. The highest BCUT2D eigenvalue weighted by Gasteiger charge is 2.24. The number of hydrogen-bond donors (Lipinski definition) is 2. The third-order valence-corrected chi connectivity index (χ3v) is 4.17. The van der Waals surface area contributed by atoms with Crippen LogP contribution in [0.25, 0.3) is 0 Å². The first kappa shape index (κ1) is 14.6. The Labute approximate surface area is 121 Å². The number of hydrogen-bond acceptors (Lipinski definition) is 4. The second-order valence-corrected chi connectivity index (χ2v) is 5.87. The van der Waals surface area contributed by atoms with E-state index in [0.29, 0.717) is 11.3 Å². The Kier molecular flexibility index (Phi) is 3.89. The number of aryl methyl sites for hydroxylation is 1. The molecular formula is C13H12ClNO4S. The number of ether oxygens (including phenoxy) is 1. The van der Waals surface area contributed by atoms with Gasteiger partial charge < -0.3 is 10.5 Å². The van der Waals surface area contributed by atoms with E-state index in [1.807, 2.05) is 6.07 Å². The summed E-state index contributed by atoms with van der Waals surface area (Å²) in [5.41, 5.74) is 5.94. The number of benzene rings is 2. The number of para-hydroxylation sites is 1. The monoisotopic (exact) mass is 313 g/mol. The Balaban J connectivity index is 2.59. The molecule has 5 nitrogen and oxygen atoms in total. The number of rotatable bonds is 3. The van der Waals surface area contributed by atoms with Crippen LogP contribution in [0.2, 0.25) is 5.02 Å². The summed E-state index contributed by atoms with van der Waals surface area (Å²) in [7, 11) is -4.54. The first-order chi connectivity index (χ1) is 9.30. The Morgan fingerprint density at radius 2 is 1.85 bits per heavy atom. The third-order valence-electron chi connectivity index (χ3n) is 2.63. The van der Waals surface area contributed by atoms with Crippen LogP contribution in [0, 0.1) is 6.92 Å². The molecule has 2 aromatic carbocycles. The standard InChI is InChI=1S/C13H12ClNO4S/c1-8-7-10(19-9-5-3-2-4-6-9)12(15)13(11(8)14)20(16,17)18/h2-7H,15H2,1H3,(H,16,17,18). The minimum absolute atomic E-state index is 0.116. The number of nitrogens with two attached hydrogens (primary N) is 1. The highest BCUT2D eigenvalue weighted by atomic mass is 35.5. The van der Waals surface area contributed by atoms with Gasteiger partial charge in [-0.15, -0.1) is 0 Å². The smallest absolute Gasteiger partial charge is 0.298 e. The summed E-state index contributed by atoms with van der Waals surface area (Å²) in [5, 5.41) is -0.120. The van der Waals surface area contributed by atoms with Gasteiger partial charge in [0.2, 0.25) is 0 Å². The molecule has 106 valence electrons. The molecule has 0 unspecified atom stereocenters. The largest absolute Gasteiger partial charge is 0.455 e. The van der Waals surface area contributed by atoms with Gasteiger partial charge in [0.25, 0.3) is 10.1 Å². The van der Waals surface area contributed by atoms with Gasteiger partial charge in [0.15, 0.2) is 5.75 Å². The van der Waals surface area contributed by atoms with Crippen LogP contribution in [-0.4, -0.2) is 13.0 Å². The van der Waals surface area contributed by atoms with Crippen LogP contribution in [0.5, 0.6) is 11.5 Å². The van der Waals surface area contributed by atoms with Crippen molar-refractivity contribution in [2.75, 3.05) is 5.73 Å². The van der Waals surface area contributed by atoms with Crippen molar-refractivity contribution in [3.8, 4) is 11.5 Å². The van der Waals surface area contributed by atoms with Crippen molar-refractivity contribution in [3.63, 3.8) is 0 Å². The molecule has 3 N–H and O–H groups in total. The average molecular weight is 314 g/mol. The molecule has 0 aliphatic rings. The Hall–Kier alpha value is -1.76. The third kappa shape index (κ3) is 2.87. The normalized spacial score (nSPS) is 11.3. The van der Waals surface area contributed by atoms with Gasteiger partial charge in [-0.25, -0.2) is 0 Å². The lowest BCUT2D eigenvalue weighted by Crippen LogP contribution is -2.06. The van der Waals surface area contributed by atoms with E-state index in [2.05, 4.69) is 0 Å². The van der Waals surface area contributed by atoms with Crippen LogP contribution in [0.1, 0.15) is 5.56 Å². The van der Waals surface area contributed by atoms with Gasteiger partial charge in [-0.05, 0) is 30.7 Å². The maximum Gasteiger partial charge on any atom is 0.298 e. The number of anilines is 1.